The van der Waals surface area contributed by atoms with Gasteiger partial charge in [-0.2, -0.15) is 0 Å². The lowest BCUT2D eigenvalue weighted by Crippen LogP contribution is -2.20. The number of hydrogen-bond donors (Lipinski definition) is 2. The minimum Gasteiger partial charge on any atom is -0.336 e. The van der Waals surface area contributed by atoms with Crippen molar-refractivity contribution in [3.63, 3.8) is 0 Å². The maximum Gasteiger partial charge on any atom is 0.165 e. The van der Waals surface area contributed by atoms with Crippen LogP contribution in [0.4, 0.5) is 15.9 Å². The Morgan fingerprint density at radius 2 is 2.16 bits per heavy atom. The number of pyridine rings is 1. The number of hydrogen-bond acceptors (Lipinski definition) is 5. The van der Waals surface area contributed by atoms with Gasteiger partial charge in [-0.3, -0.25) is 0 Å². The Morgan fingerprint density at radius 1 is 1.24 bits per heavy atom. The van der Waals surface area contributed by atoms with Gasteiger partial charge in [-0.1, -0.05) is 17.7 Å². The molecule has 2 N–H and O–H groups in total. The summed E-state index contributed by atoms with van der Waals surface area (Å²) in [6.07, 6.45) is 2.61. The zero-order valence-corrected chi connectivity index (χ0v) is 14.0. The average Bonchev–Trinajstić information content (AvgIpc) is 3.20. The molecule has 0 radical (unpaired) electrons. The molecule has 126 valence electrons. The van der Waals surface area contributed by atoms with E-state index < -0.39 is 5.82 Å². The second-order valence-electron chi connectivity index (χ2n) is 6.70. The van der Waals surface area contributed by atoms with Crippen LogP contribution in [0.2, 0.25) is 5.02 Å². The van der Waals surface area contributed by atoms with Crippen LogP contribution in [0.5, 0.6) is 0 Å². The second-order valence-corrected chi connectivity index (χ2v) is 7.11. The van der Waals surface area contributed by atoms with E-state index in [2.05, 4.69) is 20.6 Å². The summed E-state index contributed by atoms with van der Waals surface area (Å²) in [5.41, 5.74) is 2.83. The van der Waals surface area contributed by atoms with E-state index in [0.717, 1.165) is 30.7 Å². The molecule has 2 aliphatic rings. The summed E-state index contributed by atoms with van der Waals surface area (Å²) in [5, 5.41) is 6.50. The summed E-state index contributed by atoms with van der Waals surface area (Å²) in [6, 6.07) is 8.83. The molecule has 1 aliphatic carbocycles. The molecule has 2 fully saturated rings. The molecule has 7 heteroatoms. The van der Waals surface area contributed by atoms with Crippen molar-refractivity contribution in [2.24, 2.45) is 5.92 Å². The lowest BCUT2D eigenvalue weighted by molar-refractivity contribution is 0.632. The number of halogens is 2. The van der Waals surface area contributed by atoms with Crippen molar-refractivity contribution in [2.75, 3.05) is 18.4 Å². The SMILES string of the molecule is Fc1c(Cl)cccc1Nc1ncnc2ccc([C@@]34CNC[C@@H]3C4)nc12. The fraction of sp³-hybridized carbons (Fsp3) is 0.278. The van der Waals surface area contributed by atoms with Crippen molar-refractivity contribution < 1.29 is 4.39 Å². The Morgan fingerprint density at radius 3 is 2.96 bits per heavy atom. The summed E-state index contributed by atoms with van der Waals surface area (Å²) in [6.45, 7) is 2.00. The number of aromatic nitrogens is 3. The number of rotatable bonds is 3. The van der Waals surface area contributed by atoms with Crippen molar-refractivity contribution in [1.29, 1.82) is 0 Å². The van der Waals surface area contributed by atoms with Gasteiger partial charge in [-0.25, -0.2) is 19.3 Å². The number of fused-ring (bicyclic) bond motifs is 2. The van der Waals surface area contributed by atoms with Gasteiger partial charge in [0.15, 0.2) is 11.6 Å². The van der Waals surface area contributed by atoms with Gasteiger partial charge < -0.3 is 10.6 Å². The van der Waals surface area contributed by atoms with Crippen LogP contribution in [-0.4, -0.2) is 28.0 Å². The predicted molar refractivity (Wildman–Crippen MR) is 94.7 cm³/mol. The normalized spacial score (nSPS) is 24.3. The van der Waals surface area contributed by atoms with Gasteiger partial charge in [-0.05, 0) is 43.1 Å². The van der Waals surface area contributed by atoms with E-state index in [4.69, 9.17) is 16.6 Å². The van der Waals surface area contributed by atoms with Crippen LogP contribution in [0, 0.1) is 11.7 Å². The number of benzene rings is 1. The highest BCUT2D eigenvalue weighted by molar-refractivity contribution is 6.31. The van der Waals surface area contributed by atoms with Crippen molar-refractivity contribution >= 4 is 34.1 Å². The Bertz CT molecular complexity index is 994. The standard InChI is InChI=1S/C18H15ClFN5/c19-11-2-1-3-12(15(11)20)24-17-16-13(22-9-23-17)4-5-14(25-16)18-6-10(18)7-21-8-18/h1-5,9-10,21H,6-8H2,(H,22,23,24)/t10-,18-/m0/s1. The summed E-state index contributed by atoms with van der Waals surface area (Å²) >= 11 is 5.86. The highest BCUT2D eigenvalue weighted by atomic mass is 35.5. The quantitative estimate of drug-likeness (QED) is 0.753. The van der Waals surface area contributed by atoms with Crippen LogP contribution < -0.4 is 10.6 Å². The number of nitrogens with zero attached hydrogens (tertiary/aromatic N) is 3. The van der Waals surface area contributed by atoms with Gasteiger partial charge >= 0.3 is 0 Å². The molecule has 0 unspecified atom stereocenters. The molecule has 2 aromatic heterocycles. The van der Waals surface area contributed by atoms with E-state index >= 15 is 0 Å². The van der Waals surface area contributed by atoms with E-state index in [1.165, 1.54) is 12.4 Å². The first kappa shape index (κ1) is 15.0. The van der Waals surface area contributed by atoms with Crippen molar-refractivity contribution in [2.45, 2.75) is 11.8 Å². The zero-order valence-electron chi connectivity index (χ0n) is 13.3. The monoisotopic (exact) mass is 355 g/mol. The third kappa shape index (κ3) is 2.28. The van der Waals surface area contributed by atoms with E-state index in [1.807, 2.05) is 12.1 Å². The first-order valence-corrected chi connectivity index (χ1v) is 8.59. The van der Waals surface area contributed by atoms with Gasteiger partial charge in [0.1, 0.15) is 11.8 Å². The summed E-state index contributed by atoms with van der Waals surface area (Å²) in [5.74, 6) is 0.629. The topological polar surface area (TPSA) is 62.7 Å². The maximum atomic E-state index is 14.2. The van der Waals surface area contributed by atoms with E-state index in [9.17, 15) is 4.39 Å². The zero-order chi connectivity index (χ0) is 17.0. The highest BCUT2D eigenvalue weighted by Crippen LogP contribution is 2.55. The highest BCUT2D eigenvalue weighted by Gasteiger charge is 2.59. The lowest BCUT2D eigenvalue weighted by atomic mass is 10.0. The van der Waals surface area contributed by atoms with Gasteiger partial charge in [0, 0.05) is 17.7 Å². The molecule has 25 heavy (non-hydrogen) atoms. The number of piperidine rings is 1. The van der Waals surface area contributed by atoms with Gasteiger partial charge in [0.2, 0.25) is 0 Å². The third-order valence-electron chi connectivity index (χ3n) is 5.26. The Balaban J connectivity index is 1.59. The third-order valence-corrected chi connectivity index (χ3v) is 5.55. The Labute approximate surface area is 148 Å². The summed E-state index contributed by atoms with van der Waals surface area (Å²) in [7, 11) is 0. The molecule has 2 atom stereocenters. The molecule has 1 aliphatic heterocycles. The smallest absolute Gasteiger partial charge is 0.165 e. The average molecular weight is 356 g/mol. The minimum absolute atomic E-state index is 0.0637. The molecule has 3 heterocycles. The lowest BCUT2D eigenvalue weighted by Gasteiger charge is -2.14. The summed E-state index contributed by atoms with van der Waals surface area (Å²) < 4.78 is 14.2. The fourth-order valence-corrected chi connectivity index (χ4v) is 3.95. The van der Waals surface area contributed by atoms with E-state index in [1.54, 1.807) is 12.1 Å². The van der Waals surface area contributed by atoms with Crippen LogP contribution in [0.1, 0.15) is 12.1 Å². The maximum absolute atomic E-state index is 14.2. The Hall–Kier alpha value is -2.31. The molecule has 1 saturated heterocycles. The first-order chi connectivity index (χ1) is 12.2. The Kier molecular flexibility index (Phi) is 3.20. The minimum atomic E-state index is -0.507. The molecule has 1 aromatic carbocycles. The molecular formula is C18H15ClFN5. The van der Waals surface area contributed by atoms with Gasteiger partial charge in [-0.15, -0.1) is 0 Å². The summed E-state index contributed by atoms with van der Waals surface area (Å²) in [4.78, 5) is 13.4. The van der Waals surface area contributed by atoms with Crippen LogP contribution in [-0.2, 0) is 5.41 Å². The fourth-order valence-electron chi connectivity index (χ4n) is 3.78. The molecule has 5 rings (SSSR count). The van der Waals surface area contributed by atoms with Gasteiger partial charge in [0.25, 0.3) is 0 Å². The van der Waals surface area contributed by atoms with Crippen LogP contribution >= 0.6 is 11.6 Å². The van der Waals surface area contributed by atoms with Crippen LogP contribution in [0.25, 0.3) is 11.0 Å². The van der Waals surface area contributed by atoms with Crippen molar-refractivity contribution in [3.8, 4) is 0 Å². The molecule has 0 spiro atoms. The number of nitrogens with one attached hydrogen (secondary N) is 2. The largest absolute Gasteiger partial charge is 0.336 e. The van der Waals surface area contributed by atoms with E-state index in [0.29, 0.717) is 17.3 Å². The van der Waals surface area contributed by atoms with Crippen LogP contribution in [0.15, 0.2) is 36.7 Å². The van der Waals surface area contributed by atoms with E-state index in [-0.39, 0.29) is 16.1 Å². The second kappa shape index (κ2) is 5.34. The predicted octanol–water partition coefficient (Wildman–Crippen LogP) is 3.42. The number of anilines is 2. The van der Waals surface area contributed by atoms with Crippen molar-refractivity contribution in [1.82, 2.24) is 20.3 Å². The molecule has 3 aromatic rings. The van der Waals surface area contributed by atoms with Crippen LogP contribution in [0.3, 0.4) is 0 Å². The van der Waals surface area contributed by atoms with Crippen molar-refractivity contribution in [3.05, 3.63) is 53.2 Å². The molecule has 1 saturated carbocycles. The molecule has 5 nitrogen and oxygen atoms in total. The molecule has 0 bridgehead atoms. The molecule has 0 amide bonds. The van der Waals surface area contributed by atoms with Gasteiger partial charge in [0.05, 0.1) is 16.2 Å². The first-order valence-electron chi connectivity index (χ1n) is 8.21. The molecular weight excluding hydrogens is 341 g/mol.